The molecule has 1 aliphatic carbocycles. The molecule has 1 aliphatic rings. The minimum absolute atomic E-state index is 0.378. The molecule has 3 nitrogen and oxygen atoms in total. The first-order valence-electron chi connectivity index (χ1n) is 6.76. The Bertz CT molecular complexity index is 475. The highest BCUT2D eigenvalue weighted by atomic mass is 79.9. The highest BCUT2D eigenvalue weighted by Crippen LogP contribution is 2.33. The van der Waals surface area contributed by atoms with Gasteiger partial charge in [0.25, 0.3) is 0 Å². The van der Waals surface area contributed by atoms with Gasteiger partial charge in [0.15, 0.2) is 0 Å². The Balaban J connectivity index is 2.34. The van der Waals surface area contributed by atoms with Gasteiger partial charge in [-0.05, 0) is 37.0 Å². The van der Waals surface area contributed by atoms with Crippen molar-refractivity contribution >= 4 is 27.6 Å². The molecule has 0 heterocycles. The summed E-state index contributed by atoms with van der Waals surface area (Å²) < 4.78 is 0.919. The monoisotopic (exact) mass is 325 g/mol. The van der Waals surface area contributed by atoms with Gasteiger partial charge in [0.1, 0.15) is 0 Å². The topological polar surface area (TPSA) is 40.5 Å². The minimum atomic E-state index is -0.863. The first-order chi connectivity index (χ1) is 9.00. The van der Waals surface area contributed by atoms with Crippen LogP contribution in [0.3, 0.4) is 0 Å². The van der Waals surface area contributed by atoms with Crippen molar-refractivity contribution in [2.45, 2.75) is 38.6 Å². The maximum Gasteiger partial charge on any atom is 0.337 e. The number of aromatic carboxylic acids is 1. The molecule has 0 radical (unpaired) electrons. The number of halogens is 1. The van der Waals surface area contributed by atoms with E-state index in [0.717, 1.165) is 16.6 Å². The van der Waals surface area contributed by atoms with Gasteiger partial charge in [-0.1, -0.05) is 35.7 Å². The van der Waals surface area contributed by atoms with E-state index < -0.39 is 5.97 Å². The number of anilines is 1. The quantitative estimate of drug-likeness (QED) is 0.907. The lowest BCUT2D eigenvalue weighted by Gasteiger charge is -2.38. The summed E-state index contributed by atoms with van der Waals surface area (Å²) in [5.74, 6) is -0.253. The largest absolute Gasteiger partial charge is 0.478 e. The lowest BCUT2D eigenvalue weighted by molar-refractivity contribution is 0.0697. The summed E-state index contributed by atoms with van der Waals surface area (Å²) in [6, 6.07) is 5.79. The second-order valence-corrected chi connectivity index (χ2v) is 6.32. The molecular formula is C15H20BrNO2. The van der Waals surface area contributed by atoms with E-state index in [9.17, 15) is 9.90 Å². The van der Waals surface area contributed by atoms with Crippen LogP contribution < -0.4 is 4.90 Å². The second kappa shape index (κ2) is 5.95. The molecule has 0 amide bonds. The number of hydrogen-bond donors (Lipinski definition) is 1. The summed E-state index contributed by atoms with van der Waals surface area (Å²) in [7, 11) is 2.01. The first-order valence-corrected chi connectivity index (χ1v) is 7.55. The number of nitrogens with zero attached hydrogens (tertiary/aromatic N) is 1. The van der Waals surface area contributed by atoms with Gasteiger partial charge in [-0.2, -0.15) is 0 Å². The van der Waals surface area contributed by atoms with Crippen molar-refractivity contribution in [3.8, 4) is 0 Å². The van der Waals surface area contributed by atoms with Crippen molar-refractivity contribution in [3.63, 3.8) is 0 Å². The van der Waals surface area contributed by atoms with E-state index in [0.29, 0.717) is 17.5 Å². The summed E-state index contributed by atoms with van der Waals surface area (Å²) >= 11 is 3.43. The van der Waals surface area contributed by atoms with Gasteiger partial charge in [0, 0.05) is 17.6 Å². The fraction of sp³-hybridized carbons (Fsp3) is 0.533. The van der Waals surface area contributed by atoms with Crippen molar-refractivity contribution in [1.29, 1.82) is 0 Å². The first kappa shape index (κ1) is 14.4. The highest BCUT2D eigenvalue weighted by Gasteiger charge is 2.27. The van der Waals surface area contributed by atoms with Crippen molar-refractivity contribution in [3.05, 3.63) is 28.2 Å². The molecule has 1 aromatic rings. The summed E-state index contributed by atoms with van der Waals surface area (Å²) in [5.41, 5.74) is 1.18. The summed E-state index contributed by atoms with van der Waals surface area (Å²) in [6.07, 6.45) is 4.89. The van der Waals surface area contributed by atoms with E-state index in [4.69, 9.17) is 0 Å². The Labute approximate surface area is 122 Å². The van der Waals surface area contributed by atoms with Crippen LogP contribution in [0.4, 0.5) is 5.69 Å². The number of carboxylic acid groups (broad SMARTS) is 1. The fourth-order valence-electron chi connectivity index (χ4n) is 3.03. The minimum Gasteiger partial charge on any atom is -0.478 e. The fourth-order valence-corrected chi connectivity index (χ4v) is 3.38. The molecule has 19 heavy (non-hydrogen) atoms. The summed E-state index contributed by atoms with van der Waals surface area (Å²) in [5, 5.41) is 9.33. The van der Waals surface area contributed by atoms with Crippen LogP contribution in [0, 0.1) is 5.92 Å². The Kier molecular flexibility index (Phi) is 4.50. The third kappa shape index (κ3) is 3.11. The van der Waals surface area contributed by atoms with Crippen molar-refractivity contribution in [2.75, 3.05) is 11.9 Å². The molecule has 1 N–H and O–H groups in total. The lowest BCUT2D eigenvalue weighted by atomic mass is 9.84. The van der Waals surface area contributed by atoms with Crippen molar-refractivity contribution in [2.24, 2.45) is 5.92 Å². The molecule has 2 rings (SSSR count). The molecule has 0 aliphatic heterocycles. The van der Waals surface area contributed by atoms with Crippen LogP contribution in [0.15, 0.2) is 22.7 Å². The molecule has 1 saturated carbocycles. The van der Waals surface area contributed by atoms with Gasteiger partial charge < -0.3 is 10.0 Å². The zero-order valence-electron chi connectivity index (χ0n) is 11.4. The number of benzene rings is 1. The number of carboxylic acids is 1. The smallest absolute Gasteiger partial charge is 0.337 e. The van der Waals surface area contributed by atoms with Crippen LogP contribution in [0.2, 0.25) is 0 Å². The standard InChI is InChI=1S/C15H20BrNO2/c1-10-5-3-4-6-13(10)17(2)14-9-11(16)7-8-12(14)15(18)19/h7-10,13H,3-6H2,1-2H3,(H,18,19). The van der Waals surface area contributed by atoms with Gasteiger partial charge >= 0.3 is 5.97 Å². The molecule has 0 bridgehead atoms. The molecule has 2 atom stereocenters. The maximum absolute atomic E-state index is 11.4. The molecule has 0 saturated heterocycles. The Morgan fingerprint density at radius 3 is 2.68 bits per heavy atom. The highest BCUT2D eigenvalue weighted by molar-refractivity contribution is 9.10. The molecule has 0 spiro atoms. The van der Waals surface area contributed by atoms with Crippen LogP contribution in [-0.4, -0.2) is 24.2 Å². The van der Waals surface area contributed by atoms with Crippen LogP contribution in [0.1, 0.15) is 43.0 Å². The zero-order chi connectivity index (χ0) is 14.0. The van der Waals surface area contributed by atoms with Crippen LogP contribution in [-0.2, 0) is 0 Å². The third-order valence-corrected chi connectivity index (χ3v) is 4.63. The van der Waals surface area contributed by atoms with E-state index in [1.54, 1.807) is 12.1 Å². The van der Waals surface area contributed by atoms with Crippen molar-refractivity contribution < 1.29 is 9.90 Å². The van der Waals surface area contributed by atoms with Crippen LogP contribution >= 0.6 is 15.9 Å². The summed E-state index contributed by atoms with van der Waals surface area (Å²) in [6.45, 7) is 2.26. The molecule has 2 unspecified atom stereocenters. The molecular weight excluding hydrogens is 306 g/mol. The van der Waals surface area contributed by atoms with Gasteiger partial charge in [0.2, 0.25) is 0 Å². The van der Waals surface area contributed by atoms with E-state index >= 15 is 0 Å². The summed E-state index contributed by atoms with van der Waals surface area (Å²) in [4.78, 5) is 13.5. The lowest BCUT2D eigenvalue weighted by Crippen LogP contribution is -2.39. The van der Waals surface area contributed by atoms with Gasteiger partial charge in [0.05, 0.1) is 11.3 Å². The third-order valence-electron chi connectivity index (χ3n) is 4.13. The van der Waals surface area contributed by atoms with Crippen molar-refractivity contribution in [1.82, 2.24) is 0 Å². The molecule has 1 aromatic carbocycles. The molecule has 0 aromatic heterocycles. The molecule has 1 fully saturated rings. The van der Waals surface area contributed by atoms with Gasteiger partial charge in [-0.25, -0.2) is 4.79 Å². The van der Waals surface area contributed by atoms with Gasteiger partial charge in [-0.3, -0.25) is 0 Å². The average molecular weight is 326 g/mol. The Hall–Kier alpha value is -1.03. The average Bonchev–Trinajstić information content (AvgIpc) is 2.38. The molecule has 4 heteroatoms. The van der Waals surface area contributed by atoms with E-state index in [1.165, 1.54) is 19.3 Å². The number of hydrogen-bond acceptors (Lipinski definition) is 2. The predicted molar refractivity (Wildman–Crippen MR) is 80.9 cm³/mol. The van der Waals surface area contributed by atoms with Gasteiger partial charge in [-0.15, -0.1) is 0 Å². The van der Waals surface area contributed by atoms with Crippen LogP contribution in [0.25, 0.3) is 0 Å². The number of rotatable bonds is 3. The van der Waals surface area contributed by atoms with E-state index in [1.807, 2.05) is 13.1 Å². The Morgan fingerprint density at radius 1 is 1.37 bits per heavy atom. The SMILES string of the molecule is CC1CCCCC1N(C)c1cc(Br)ccc1C(=O)O. The van der Waals surface area contributed by atoms with E-state index in [-0.39, 0.29) is 0 Å². The predicted octanol–water partition coefficient (Wildman–Crippen LogP) is 4.16. The zero-order valence-corrected chi connectivity index (χ0v) is 13.0. The Morgan fingerprint density at radius 2 is 2.05 bits per heavy atom. The molecule has 104 valence electrons. The maximum atomic E-state index is 11.4. The van der Waals surface area contributed by atoms with Crippen LogP contribution in [0.5, 0.6) is 0 Å². The number of carbonyl (C=O) groups is 1. The second-order valence-electron chi connectivity index (χ2n) is 5.41. The normalized spacial score (nSPS) is 23.1. The van der Waals surface area contributed by atoms with E-state index in [2.05, 4.69) is 27.8 Å².